The van der Waals surface area contributed by atoms with Crippen molar-refractivity contribution in [2.45, 2.75) is 18.9 Å². The lowest BCUT2D eigenvalue weighted by Gasteiger charge is -2.31. The normalized spacial score (nSPS) is 15.1. The van der Waals surface area contributed by atoms with Crippen molar-refractivity contribution >= 4 is 27.6 Å². The number of methoxy groups -OCH3 is 1. The van der Waals surface area contributed by atoms with E-state index in [9.17, 15) is 0 Å². The molecule has 0 bridgehead atoms. The molecule has 0 radical (unpaired) electrons. The number of anilines is 1. The van der Waals surface area contributed by atoms with E-state index in [4.69, 9.17) is 14.5 Å². The van der Waals surface area contributed by atoms with E-state index < -0.39 is 0 Å². The van der Waals surface area contributed by atoms with E-state index in [0.717, 1.165) is 59.4 Å². The fraction of sp³-hybridized carbons (Fsp3) is 0.333. The van der Waals surface area contributed by atoms with E-state index in [2.05, 4.69) is 45.9 Å². The summed E-state index contributed by atoms with van der Waals surface area (Å²) in [6.45, 7) is 3.13. The minimum absolute atomic E-state index is 0.517. The van der Waals surface area contributed by atoms with Gasteiger partial charge in [-0.1, -0.05) is 12.1 Å². The number of aromatic nitrogens is 3. The van der Waals surface area contributed by atoms with Crippen molar-refractivity contribution in [3.05, 3.63) is 54.9 Å². The van der Waals surface area contributed by atoms with E-state index in [-0.39, 0.29) is 0 Å². The van der Waals surface area contributed by atoms with Crippen LogP contribution in [0.4, 0.5) is 5.69 Å². The molecule has 7 heteroatoms. The maximum Gasteiger partial charge on any atom is 0.139 e. The Balaban J connectivity index is 1.50. The molecule has 2 aromatic carbocycles. The number of quaternary nitrogens is 1. The number of piperidine rings is 1. The van der Waals surface area contributed by atoms with E-state index in [1.165, 1.54) is 5.69 Å². The minimum atomic E-state index is 0.517. The van der Waals surface area contributed by atoms with Gasteiger partial charge in [0.05, 0.1) is 34.9 Å². The summed E-state index contributed by atoms with van der Waals surface area (Å²) in [5.74, 6) is 1.65. The molecule has 0 unspecified atom stereocenters. The molecule has 3 N–H and O–H groups in total. The summed E-state index contributed by atoms with van der Waals surface area (Å²) in [6, 6.07) is 17.1. The van der Waals surface area contributed by atoms with Crippen molar-refractivity contribution in [3.63, 3.8) is 0 Å². The molecule has 2 aromatic heterocycles. The zero-order valence-corrected chi connectivity index (χ0v) is 17.8. The van der Waals surface area contributed by atoms with Crippen LogP contribution in [-0.4, -0.2) is 54.0 Å². The lowest BCUT2D eigenvalue weighted by atomic mass is 10.0. The summed E-state index contributed by atoms with van der Waals surface area (Å²) in [6.07, 6.45) is 4.07. The molecule has 4 aromatic rings. The van der Waals surface area contributed by atoms with E-state index >= 15 is 0 Å². The number of pyridine rings is 1. The molecule has 160 valence electrons. The predicted octanol–water partition coefficient (Wildman–Crippen LogP) is 2.81. The maximum absolute atomic E-state index is 5.72. The molecule has 0 saturated carbocycles. The van der Waals surface area contributed by atoms with E-state index in [1.54, 1.807) is 7.11 Å². The lowest BCUT2D eigenvalue weighted by molar-refractivity contribution is -0.423. The van der Waals surface area contributed by atoms with Gasteiger partial charge in [0.15, 0.2) is 0 Å². The summed E-state index contributed by atoms with van der Waals surface area (Å²) in [5, 5.41) is 1.15. The smallest absolute Gasteiger partial charge is 0.139 e. The van der Waals surface area contributed by atoms with Crippen LogP contribution in [0.25, 0.3) is 27.8 Å². The van der Waals surface area contributed by atoms with Gasteiger partial charge >= 0.3 is 0 Å². The van der Waals surface area contributed by atoms with Gasteiger partial charge < -0.3 is 20.1 Å². The summed E-state index contributed by atoms with van der Waals surface area (Å²) < 4.78 is 12.8. The van der Waals surface area contributed by atoms with Crippen LogP contribution in [0.1, 0.15) is 12.8 Å². The van der Waals surface area contributed by atoms with Crippen LogP contribution in [0.2, 0.25) is 0 Å². The zero-order valence-electron chi connectivity index (χ0n) is 17.8. The van der Waals surface area contributed by atoms with Crippen molar-refractivity contribution in [1.82, 2.24) is 14.5 Å². The Bertz CT molecular complexity index is 1200. The number of para-hydroxylation sites is 1. The molecule has 1 fully saturated rings. The Morgan fingerprint density at radius 3 is 2.77 bits per heavy atom. The highest BCUT2D eigenvalue weighted by molar-refractivity contribution is 5.92. The SMILES string of the molecule is COCCOc1ccc2c(c1)ncn2-c1ccc2cccc(N3CCC([NH3+])CC3)c2n1. The molecule has 31 heavy (non-hydrogen) atoms. The number of benzene rings is 2. The number of fused-ring (bicyclic) bond motifs is 2. The number of ether oxygens (including phenoxy) is 2. The first-order valence-electron chi connectivity index (χ1n) is 10.8. The number of nitrogens with zero attached hydrogens (tertiary/aromatic N) is 4. The minimum Gasteiger partial charge on any atom is -0.491 e. The van der Waals surface area contributed by atoms with Crippen LogP contribution < -0.4 is 15.4 Å². The maximum atomic E-state index is 5.72. The average Bonchev–Trinajstić information content (AvgIpc) is 3.22. The van der Waals surface area contributed by atoms with Gasteiger partial charge in [0, 0.05) is 44.5 Å². The Labute approximate surface area is 181 Å². The van der Waals surface area contributed by atoms with Crippen molar-refractivity contribution in [2.24, 2.45) is 0 Å². The standard InChI is InChI=1S/C24H27N5O2/c1-30-13-14-31-19-6-7-21-20(15-19)26-16-29(21)23-8-5-17-3-2-4-22(24(17)27-23)28-11-9-18(25)10-12-28/h2-8,15-16,18H,9-14,25H2,1H3/p+1. The van der Waals surface area contributed by atoms with E-state index in [0.29, 0.717) is 19.3 Å². The molecule has 3 heterocycles. The summed E-state index contributed by atoms with van der Waals surface area (Å²) in [5.41, 5.74) is 8.33. The van der Waals surface area contributed by atoms with Crippen LogP contribution in [0.3, 0.4) is 0 Å². The van der Waals surface area contributed by atoms with Crippen molar-refractivity contribution in [3.8, 4) is 11.6 Å². The van der Waals surface area contributed by atoms with Gasteiger partial charge in [-0.15, -0.1) is 0 Å². The molecule has 1 saturated heterocycles. The number of hydrogen-bond donors (Lipinski definition) is 1. The summed E-state index contributed by atoms with van der Waals surface area (Å²) in [7, 11) is 1.67. The fourth-order valence-electron chi connectivity index (χ4n) is 4.19. The Morgan fingerprint density at radius 1 is 1.06 bits per heavy atom. The van der Waals surface area contributed by atoms with Crippen molar-refractivity contribution < 1.29 is 15.2 Å². The third-order valence-corrected chi connectivity index (χ3v) is 5.96. The van der Waals surface area contributed by atoms with Gasteiger partial charge in [-0.3, -0.25) is 4.57 Å². The number of rotatable bonds is 6. The highest BCUT2D eigenvalue weighted by atomic mass is 16.5. The highest BCUT2D eigenvalue weighted by Crippen LogP contribution is 2.29. The van der Waals surface area contributed by atoms with Crippen LogP contribution >= 0.6 is 0 Å². The molecule has 0 amide bonds. The second kappa shape index (κ2) is 8.53. The first kappa shape index (κ1) is 19.8. The fourth-order valence-corrected chi connectivity index (χ4v) is 4.19. The quantitative estimate of drug-likeness (QED) is 0.487. The van der Waals surface area contributed by atoms with Crippen LogP contribution in [0.5, 0.6) is 5.75 Å². The van der Waals surface area contributed by atoms with E-state index in [1.807, 2.05) is 29.1 Å². The summed E-state index contributed by atoms with van der Waals surface area (Å²) in [4.78, 5) is 12.1. The largest absolute Gasteiger partial charge is 0.491 e. The molecule has 7 nitrogen and oxygen atoms in total. The van der Waals surface area contributed by atoms with Gasteiger partial charge in [0.25, 0.3) is 0 Å². The zero-order chi connectivity index (χ0) is 21.2. The Kier molecular flexibility index (Phi) is 5.44. The molecule has 5 rings (SSSR count). The van der Waals surface area contributed by atoms with Crippen LogP contribution in [0, 0.1) is 0 Å². The second-order valence-corrected chi connectivity index (χ2v) is 8.06. The van der Waals surface area contributed by atoms with Gasteiger partial charge in [-0.05, 0) is 30.3 Å². The highest BCUT2D eigenvalue weighted by Gasteiger charge is 2.20. The molecule has 1 aliphatic rings. The molecule has 1 aliphatic heterocycles. The topological polar surface area (TPSA) is 80.0 Å². The number of hydrogen-bond acceptors (Lipinski definition) is 5. The van der Waals surface area contributed by atoms with Gasteiger partial charge in [0.2, 0.25) is 0 Å². The predicted molar refractivity (Wildman–Crippen MR) is 122 cm³/mol. The molecule has 0 spiro atoms. The molecule has 0 aliphatic carbocycles. The van der Waals surface area contributed by atoms with Gasteiger partial charge in [-0.25, -0.2) is 9.97 Å². The Hall–Kier alpha value is -3.16. The number of imidazole rings is 1. The lowest BCUT2D eigenvalue weighted by Crippen LogP contribution is -2.64. The molecule has 0 atom stereocenters. The second-order valence-electron chi connectivity index (χ2n) is 8.06. The van der Waals surface area contributed by atoms with Crippen molar-refractivity contribution in [1.29, 1.82) is 0 Å². The first-order valence-corrected chi connectivity index (χ1v) is 10.8. The van der Waals surface area contributed by atoms with Crippen molar-refractivity contribution in [2.75, 3.05) is 38.3 Å². The third kappa shape index (κ3) is 3.94. The molecular weight excluding hydrogens is 390 g/mol. The monoisotopic (exact) mass is 418 g/mol. The first-order chi connectivity index (χ1) is 15.2. The van der Waals surface area contributed by atoms with Crippen LogP contribution in [0.15, 0.2) is 54.9 Å². The Morgan fingerprint density at radius 2 is 1.94 bits per heavy atom. The van der Waals surface area contributed by atoms with Gasteiger partial charge in [0.1, 0.15) is 24.5 Å². The average molecular weight is 419 g/mol. The third-order valence-electron chi connectivity index (χ3n) is 5.96. The van der Waals surface area contributed by atoms with Crippen LogP contribution in [-0.2, 0) is 4.74 Å². The molecular formula is C24H28N5O2+. The summed E-state index contributed by atoms with van der Waals surface area (Å²) >= 11 is 0. The van der Waals surface area contributed by atoms with Gasteiger partial charge in [-0.2, -0.15) is 0 Å².